The second-order valence-electron chi connectivity index (χ2n) is 1.33. The Morgan fingerprint density at radius 2 is 2.36 bits per heavy atom. The predicted octanol–water partition coefficient (Wildman–Crippen LogP) is 0.308. The van der Waals surface area contributed by atoms with Gasteiger partial charge in [0.25, 0.3) is 6.26 Å². The normalized spacial score (nSPS) is 8.27. The quantitative estimate of drug-likeness (QED) is 0.188. The van der Waals surface area contributed by atoms with Crippen molar-refractivity contribution in [1.82, 2.24) is 0 Å². The van der Waals surface area contributed by atoms with Gasteiger partial charge in [0.15, 0.2) is 0 Å². The molecular formula is C6H6N2O3. The molecule has 0 saturated carbocycles. The van der Waals surface area contributed by atoms with Crippen molar-refractivity contribution in [3.05, 3.63) is 12.5 Å². The van der Waals surface area contributed by atoms with E-state index >= 15 is 0 Å². The van der Waals surface area contributed by atoms with Gasteiger partial charge in [0.1, 0.15) is 19.1 Å². The fraction of sp³-hybridized carbons (Fsp3) is 0.333. The monoisotopic (exact) mass is 154 g/mol. The van der Waals surface area contributed by atoms with Crippen molar-refractivity contribution in [3.8, 4) is 6.26 Å². The Kier molecular flexibility index (Phi) is 6.87. The first-order valence-corrected chi connectivity index (χ1v) is 2.77. The summed E-state index contributed by atoms with van der Waals surface area (Å²) in [6.45, 7) is 0.515. The highest BCUT2D eigenvalue weighted by Gasteiger charge is 1.78. The van der Waals surface area contributed by atoms with E-state index in [0.717, 1.165) is 6.26 Å². The Morgan fingerprint density at radius 1 is 1.55 bits per heavy atom. The number of nitriles is 1. The molecule has 0 spiro atoms. The fourth-order valence-corrected chi connectivity index (χ4v) is 0.310. The number of carbonyl (C=O) groups excluding carboxylic acids is 1. The predicted molar refractivity (Wildman–Crippen MR) is 34.8 cm³/mol. The summed E-state index contributed by atoms with van der Waals surface area (Å²) in [6.07, 6.45) is 5.06. The molecule has 0 radical (unpaired) electrons. The molecule has 0 rings (SSSR count). The van der Waals surface area contributed by atoms with Crippen molar-refractivity contribution in [2.24, 2.45) is 4.99 Å². The molecule has 0 bridgehead atoms. The molecule has 0 aromatic heterocycles. The zero-order chi connectivity index (χ0) is 8.36. The van der Waals surface area contributed by atoms with Crippen LogP contribution in [0.15, 0.2) is 17.5 Å². The van der Waals surface area contributed by atoms with Crippen LogP contribution in [0.1, 0.15) is 0 Å². The molecule has 0 aromatic rings. The third-order valence-electron chi connectivity index (χ3n) is 0.658. The summed E-state index contributed by atoms with van der Waals surface area (Å²) in [4.78, 5) is 12.7. The Labute approximate surface area is 63.6 Å². The van der Waals surface area contributed by atoms with E-state index in [1.54, 1.807) is 0 Å². The van der Waals surface area contributed by atoms with E-state index in [0.29, 0.717) is 0 Å². The zero-order valence-corrected chi connectivity index (χ0v) is 5.69. The average molecular weight is 154 g/mol. The SMILES string of the molecule is N#CO/C=C/OCCN=C=O. The van der Waals surface area contributed by atoms with E-state index in [1.807, 2.05) is 0 Å². The Bertz CT molecular complexity index is 200. The maximum atomic E-state index is 9.51. The summed E-state index contributed by atoms with van der Waals surface area (Å²) in [7, 11) is 0. The lowest BCUT2D eigenvalue weighted by Crippen LogP contribution is -1.90. The minimum Gasteiger partial charge on any atom is -0.496 e. The number of aliphatic imine (C=N–C) groups is 1. The molecule has 0 aliphatic rings. The molecule has 0 heterocycles. The number of rotatable bonds is 5. The number of ether oxygens (including phenoxy) is 2. The average Bonchev–Trinajstić information content (AvgIpc) is 2.03. The van der Waals surface area contributed by atoms with E-state index in [-0.39, 0.29) is 13.2 Å². The molecule has 0 fully saturated rings. The van der Waals surface area contributed by atoms with Crippen molar-refractivity contribution in [3.63, 3.8) is 0 Å². The summed E-state index contributed by atoms with van der Waals surface area (Å²) in [5, 5.41) is 7.86. The van der Waals surface area contributed by atoms with Gasteiger partial charge in [-0.25, -0.2) is 9.79 Å². The minimum atomic E-state index is 0.250. The number of isocyanates is 1. The highest BCUT2D eigenvalue weighted by atomic mass is 16.5. The van der Waals surface area contributed by atoms with Gasteiger partial charge in [-0.05, 0) is 0 Å². The van der Waals surface area contributed by atoms with E-state index < -0.39 is 0 Å². The molecule has 5 nitrogen and oxygen atoms in total. The second kappa shape index (κ2) is 8.21. The molecule has 0 aromatic carbocycles. The number of hydrogen-bond acceptors (Lipinski definition) is 5. The van der Waals surface area contributed by atoms with Crippen molar-refractivity contribution in [2.75, 3.05) is 13.2 Å². The van der Waals surface area contributed by atoms with Crippen LogP contribution in [0.2, 0.25) is 0 Å². The van der Waals surface area contributed by atoms with Crippen LogP contribution in [-0.2, 0) is 14.3 Å². The highest BCUT2D eigenvalue weighted by molar-refractivity contribution is 5.32. The Balaban J connectivity index is 3.14. The summed E-state index contributed by atoms with van der Waals surface area (Å²) < 4.78 is 8.84. The molecular weight excluding hydrogens is 148 g/mol. The fourth-order valence-electron chi connectivity index (χ4n) is 0.310. The smallest absolute Gasteiger partial charge is 0.291 e. The third-order valence-corrected chi connectivity index (χ3v) is 0.658. The standard InChI is InChI=1S/C6H6N2O3/c7-5-11-4-3-10-2-1-8-6-9/h3-4H,1-2H2/b4-3+. The second-order valence-corrected chi connectivity index (χ2v) is 1.33. The van der Waals surface area contributed by atoms with Gasteiger partial charge in [-0.1, -0.05) is 0 Å². The highest BCUT2D eigenvalue weighted by Crippen LogP contribution is 1.79. The first-order valence-electron chi connectivity index (χ1n) is 2.77. The number of hydrogen-bond donors (Lipinski definition) is 0. The molecule has 11 heavy (non-hydrogen) atoms. The molecule has 5 heteroatoms. The molecule has 0 N–H and O–H groups in total. The number of nitrogens with zero attached hydrogens (tertiary/aromatic N) is 2. The van der Waals surface area contributed by atoms with Crippen LogP contribution in [0.25, 0.3) is 0 Å². The van der Waals surface area contributed by atoms with E-state index in [1.165, 1.54) is 18.6 Å². The van der Waals surface area contributed by atoms with Crippen LogP contribution < -0.4 is 0 Å². The van der Waals surface area contributed by atoms with Crippen molar-refractivity contribution >= 4 is 6.08 Å². The molecule has 0 atom stereocenters. The molecule has 0 aliphatic carbocycles. The van der Waals surface area contributed by atoms with Gasteiger partial charge in [-0.3, -0.25) is 0 Å². The first-order chi connectivity index (χ1) is 5.41. The van der Waals surface area contributed by atoms with Crippen LogP contribution >= 0.6 is 0 Å². The van der Waals surface area contributed by atoms with E-state index in [9.17, 15) is 4.79 Å². The van der Waals surface area contributed by atoms with E-state index in [4.69, 9.17) is 10.00 Å². The minimum absolute atomic E-state index is 0.250. The maximum Gasteiger partial charge on any atom is 0.291 e. The van der Waals surface area contributed by atoms with Crippen LogP contribution in [0.4, 0.5) is 0 Å². The topological polar surface area (TPSA) is 71.7 Å². The van der Waals surface area contributed by atoms with Gasteiger partial charge in [-0.2, -0.15) is 0 Å². The van der Waals surface area contributed by atoms with Crippen LogP contribution in [0.5, 0.6) is 0 Å². The summed E-state index contributed by atoms with van der Waals surface area (Å²) in [6, 6.07) is 0. The van der Waals surface area contributed by atoms with Gasteiger partial charge in [0.05, 0.1) is 6.54 Å². The molecule has 0 aliphatic heterocycles. The maximum absolute atomic E-state index is 9.51. The van der Waals surface area contributed by atoms with Gasteiger partial charge in [0.2, 0.25) is 6.08 Å². The van der Waals surface area contributed by atoms with Crippen molar-refractivity contribution in [1.29, 1.82) is 5.26 Å². The molecule has 0 unspecified atom stereocenters. The lowest BCUT2D eigenvalue weighted by atomic mass is 10.7. The zero-order valence-electron chi connectivity index (χ0n) is 5.69. The summed E-state index contributed by atoms with van der Waals surface area (Å²) in [5.41, 5.74) is 0. The first kappa shape index (κ1) is 9.21. The largest absolute Gasteiger partial charge is 0.496 e. The Morgan fingerprint density at radius 3 is 3.00 bits per heavy atom. The molecule has 0 amide bonds. The van der Waals surface area contributed by atoms with Gasteiger partial charge >= 0.3 is 0 Å². The Hall–Kier alpha value is -1.79. The lowest BCUT2D eigenvalue weighted by molar-refractivity contribution is 0.246. The van der Waals surface area contributed by atoms with Crippen LogP contribution in [0, 0.1) is 11.5 Å². The van der Waals surface area contributed by atoms with Crippen molar-refractivity contribution < 1.29 is 14.3 Å². The van der Waals surface area contributed by atoms with Crippen LogP contribution in [-0.4, -0.2) is 19.2 Å². The van der Waals surface area contributed by atoms with E-state index in [2.05, 4.69) is 9.73 Å². The van der Waals surface area contributed by atoms with Gasteiger partial charge in [-0.15, -0.1) is 5.26 Å². The third kappa shape index (κ3) is 8.21. The lowest BCUT2D eigenvalue weighted by Gasteiger charge is -1.92. The summed E-state index contributed by atoms with van der Waals surface area (Å²) >= 11 is 0. The van der Waals surface area contributed by atoms with Crippen LogP contribution in [0.3, 0.4) is 0 Å². The van der Waals surface area contributed by atoms with Gasteiger partial charge in [0, 0.05) is 0 Å². The van der Waals surface area contributed by atoms with Crippen molar-refractivity contribution in [2.45, 2.75) is 0 Å². The molecule has 58 valence electrons. The summed E-state index contributed by atoms with van der Waals surface area (Å²) in [5.74, 6) is 0. The molecule has 0 saturated heterocycles. The van der Waals surface area contributed by atoms with Gasteiger partial charge < -0.3 is 9.47 Å².